The van der Waals surface area contributed by atoms with Crippen LogP contribution in [0.3, 0.4) is 0 Å². The zero-order chi connectivity index (χ0) is 14.0. The summed E-state index contributed by atoms with van der Waals surface area (Å²) >= 11 is 0. The number of carbonyl (C=O) groups is 1. The van der Waals surface area contributed by atoms with Gasteiger partial charge in [0.25, 0.3) is 0 Å². The summed E-state index contributed by atoms with van der Waals surface area (Å²) in [7, 11) is 2.54. The van der Waals surface area contributed by atoms with E-state index in [2.05, 4.69) is 6.72 Å². The van der Waals surface area contributed by atoms with E-state index in [0.29, 0.717) is 11.4 Å². The van der Waals surface area contributed by atoms with E-state index in [9.17, 15) is 9.90 Å². The van der Waals surface area contributed by atoms with E-state index in [0.717, 1.165) is 5.57 Å². The third kappa shape index (κ3) is 2.03. The molecule has 0 aromatic rings. The van der Waals surface area contributed by atoms with Crippen LogP contribution in [-0.4, -0.2) is 31.5 Å². The highest BCUT2D eigenvalue weighted by Crippen LogP contribution is 2.36. The lowest BCUT2D eigenvalue weighted by Gasteiger charge is -2.13. The molecule has 0 saturated heterocycles. The van der Waals surface area contributed by atoms with Crippen molar-refractivity contribution in [2.24, 2.45) is 0 Å². The lowest BCUT2D eigenvalue weighted by molar-refractivity contribution is -0.405. The van der Waals surface area contributed by atoms with E-state index >= 15 is 0 Å². The fourth-order valence-electron chi connectivity index (χ4n) is 1.91. The lowest BCUT2D eigenvalue weighted by atomic mass is 10.0. The van der Waals surface area contributed by atoms with Crippen molar-refractivity contribution < 1.29 is 24.0 Å². The van der Waals surface area contributed by atoms with Gasteiger partial charge in [-0.05, 0) is 26.5 Å². The minimum atomic E-state index is -0.572. The molecule has 0 bridgehead atoms. The van der Waals surface area contributed by atoms with Crippen LogP contribution in [0.1, 0.15) is 20.8 Å². The SMILES string of the molecule is C=[N+]1C(C)=C(C(=O)OC)/C(=C(\[O-])OC)C1=C(C)C. The van der Waals surface area contributed by atoms with Crippen LogP contribution in [0.5, 0.6) is 0 Å². The number of allylic oxidation sites excluding steroid dienone is 3. The van der Waals surface area contributed by atoms with Crippen LogP contribution >= 0.6 is 0 Å². The minimum absolute atomic E-state index is 0.204. The number of ether oxygens (including phenoxy) is 2. The van der Waals surface area contributed by atoms with Crippen LogP contribution in [0.2, 0.25) is 0 Å². The smallest absolute Gasteiger partial charge is 0.345 e. The molecular formula is C13H17NO4. The summed E-state index contributed by atoms with van der Waals surface area (Å²) in [6.45, 7) is 9.22. The van der Waals surface area contributed by atoms with Gasteiger partial charge in [-0.1, -0.05) is 0 Å². The van der Waals surface area contributed by atoms with Crippen LogP contribution in [-0.2, 0) is 14.3 Å². The Labute approximate surface area is 106 Å². The average molecular weight is 251 g/mol. The van der Waals surface area contributed by atoms with E-state index in [1.54, 1.807) is 11.5 Å². The Balaban J connectivity index is 3.63. The number of hydrogen-bond acceptors (Lipinski definition) is 4. The molecule has 0 atom stereocenters. The zero-order valence-corrected chi connectivity index (χ0v) is 11.3. The Morgan fingerprint density at radius 3 is 2.22 bits per heavy atom. The first-order valence-corrected chi connectivity index (χ1v) is 5.40. The van der Waals surface area contributed by atoms with Gasteiger partial charge in [0.1, 0.15) is 12.3 Å². The van der Waals surface area contributed by atoms with Gasteiger partial charge in [-0.25, -0.2) is 4.79 Å². The van der Waals surface area contributed by atoms with Gasteiger partial charge in [0.15, 0.2) is 5.70 Å². The van der Waals surface area contributed by atoms with Crippen LogP contribution in [0.15, 0.2) is 34.1 Å². The van der Waals surface area contributed by atoms with Gasteiger partial charge in [0.05, 0.1) is 18.6 Å². The van der Waals surface area contributed by atoms with Gasteiger partial charge in [-0.2, -0.15) is 4.58 Å². The number of hydrogen-bond donors (Lipinski definition) is 0. The number of carbonyl (C=O) groups excluding carboxylic acids is 1. The van der Waals surface area contributed by atoms with Gasteiger partial charge in [0, 0.05) is 6.92 Å². The summed E-state index contributed by atoms with van der Waals surface area (Å²) < 4.78 is 11.0. The molecular weight excluding hydrogens is 234 g/mol. The lowest BCUT2D eigenvalue weighted by Crippen LogP contribution is -2.15. The maximum absolute atomic E-state index is 11.9. The molecule has 0 N–H and O–H groups in total. The van der Waals surface area contributed by atoms with E-state index in [1.807, 2.05) is 13.8 Å². The predicted octanol–water partition coefficient (Wildman–Crippen LogP) is 0.672. The third-order valence-electron chi connectivity index (χ3n) is 2.78. The van der Waals surface area contributed by atoms with Crippen molar-refractivity contribution in [3.05, 3.63) is 34.1 Å². The molecule has 5 nitrogen and oxygen atoms in total. The first-order valence-electron chi connectivity index (χ1n) is 5.40. The number of nitrogens with zero attached hydrogens (tertiary/aromatic N) is 1. The molecule has 0 aromatic carbocycles. The highest BCUT2D eigenvalue weighted by molar-refractivity contribution is 5.96. The fraction of sp³-hybridized carbons (Fsp3) is 0.385. The highest BCUT2D eigenvalue weighted by atomic mass is 16.6. The van der Waals surface area contributed by atoms with Crippen molar-refractivity contribution in [1.82, 2.24) is 0 Å². The Hall–Kier alpha value is -2.04. The summed E-state index contributed by atoms with van der Waals surface area (Å²) in [5, 5.41) is 11.9. The topological polar surface area (TPSA) is 61.6 Å². The molecule has 1 rings (SSSR count). The number of rotatable bonds is 2. The first-order chi connectivity index (χ1) is 8.36. The van der Waals surface area contributed by atoms with E-state index in [4.69, 9.17) is 9.47 Å². The molecule has 0 saturated carbocycles. The van der Waals surface area contributed by atoms with E-state index < -0.39 is 11.9 Å². The molecule has 1 heterocycles. The fourth-order valence-corrected chi connectivity index (χ4v) is 1.91. The Bertz CT molecular complexity index is 505. The maximum atomic E-state index is 11.9. The first kappa shape index (κ1) is 14.0. The molecule has 98 valence electrons. The third-order valence-corrected chi connectivity index (χ3v) is 2.78. The molecule has 5 heteroatoms. The monoisotopic (exact) mass is 251 g/mol. The maximum Gasteiger partial charge on any atom is 0.345 e. The molecule has 1 aliphatic rings. The molecule has 0 fully saturated rings. The molecule has 0 radical (unpaired) electrons. The zero-order valence-electron chi connectivity index (χ0n) is 11.3. The normalized spacial score (nSPS) is 18.1. The summed E-state index contributed by atoms with van der Waals surface area (Å²) in [6, 6.07) is 0. The van der Waals surface area contributed by atoms with Crippen molar-refractivity contribution in [3.63, 3.8) is 0 Å². The van der Waals surface area contributed by atoms with Crippen molar-refractivity contribution in [2.75, 3.05) is 14.2 Å². The minimum Gasteiger partial charge on any atom is -0.616 e. The molecule has 0 amide bonds. The second-order valence-corrected chi connectivity index (χ2v) is 4.10. The van der Waals surface area contributed by atoms with E-state index in [1.165, 1.54) is 14.2 Å². The van der Waals surface area contributed by atoms with Gasteiger partial charge >= 0.3 is 5.97 Å². The van der Waals surface area contributed by atoms with Crippen molar-refractivity contribution in [2.45, 2.75) is 20.8 Å². The molecule has 0 spiro atoms. The summed E-state index contributed by atoms with van der Waals surface area (Å²) in [5.41, 5.74) is 2.43. The van der Waals surface area contributed by atoms with E-state index in [-0.39, 0.29) is 11.1 Å². The second kappa shape index (κ2) is 5.08. The quantitative estimate of drug-likeness (QED) is 0.411. The molecule has 0 unspecified atom stereocenters. The van der Waals surface area contributed by atoms with Gasteiger partial charge < -0.3 is 14.6 Å². The summed E-state index contributed by atoms with van der Waals surface area (Å²) in [4.78, 5) is 11.8. The van der Waals surface area contributed by atoms with Crippen molar-refractivity contribution in [1.29, 1.82) is 0 Å². The van der Waals surface area contributed by atoms with Crippen molar-refractivity contribution >= 4 is 12.7 Å². The summed E-state index contributed by atoms with van der Waals surface area (Å²) in [5.74, 6) is -1.14. The number of methoxy groups -OCH3 is 2. The molecule has 1 aliphatic heterocycles. The Morgan fingerprint density at radius 2 is 1.83 bits per heavy atom. The molecule has 0 aliphatic carbocycles. The van der Waals surface area contributed by atoms with Crippen LogP contribution < -0.4 is 5.11 Å². The standard InChI is InChI=1S/C13H17NO4/c1-7(2)11-10(13(16)18-6)9(12(15)17-5)8(3)14(11)4/h4H2,1-3,5-6H3/b13-10-. The largest absolute Gasteiger partial charge is 0.616 e. The van der Waals surface area contributed by atoms with Gasteiger partial charge in [-0.15, -0.1) is 0 Å². The van der Waals surface area contributed by atoms with Gasteiger partial charge in [0.2, 0.25) is 5.70 Å². The Morgan fingerprint density at radius 1 is 1.28 bits per heavy atom. The van der Waals surface area contributed by atoms with Crippen LogP contribution in [0, 0.1) is 0 Å². The predicted molar refractivity (Wildman–Crippen MR) is 64.5 cm³/mol. The van der Waals surface area contributed by atoms with Crippen molar-refractivity contribution in [3.8, 4) is 0 Å². The van der Waals surface area contributed by atoms with Gasteiger partial charge in [-0.3, -0.25) is 0 Å². The molecule has 18 heavy (non-hydrogen) atoms. The molecule has 0 aromatic heterocycles. The van der Waals surface area contributed by atoms with Crippen LogP contribution in [0.4, 0.5) is 0 Å². The Kier molecular flexibility index (Phi) is 3.96. The second-order valence-electron chi connectivity index (χ2n) is 4.10. The summed E-state index contributed by atoms with van der Waals surface area (Å²) in [6.07, 6.45) is 0. The highest BCUT2D eigenvalue weighted by Gasteiger charge is 2.40. The van der Waals surface area contributed by atoms with Crippen LogP contribution in [0.25, 0.3) is 0 Å². The number of esters is 1. The average Bonchev–Trinajstić information content (AvgIpc) is 2.60.